The van der Waals surface area contributed by atoms with Crippen LogP contribution in [0.3, 0.4) is 0 Å². The van der Waals surface area contributed by atoms with Gasteiger partial charge in [0.05, 0.1) is 0 Å². The van der Waals surface area contributed by atoms with Crippen molar-refractivity contribution in [3.05, 3.63) is 12.2 Å². The topological polar surface area (TPSA) is 0 Å². The number of allylic oxidation sites excluding steroid dienone is 2. The molecule has 0 heterocycles. The molecule has 0 spiro atoms. The summed E-state index contributed by atoms with van der Waals surface area (Å²) in [5, 5.41) is 0. The Morgan fingerprint density at radius 3 is 2.15 bits per heavy atom. The standard InChI is InChI=1S/C10H17F3/c1-2-3-4-5-6-7-8-9-10(11,12)13/h2-3H,4-9H2,1H3. The van der Waals surface area contributed by atoms with Crippen LogP contribution >= 0.6 is 0 Å². The van der Waals surface area contributed by atoms with Gasteiger partial charge in [0.25, 0.3) is 0 Å². The molecule has 0 saturated heterocycles. The van der Waals surface area contributed by atoms with Crippen molar-refractivity contribution in [3.63, 3.8) is 0 Å². The Morgan fingerprint density at radius 2 is 1.62 bits per heavy atom. The van der Waals surface area contributed by atoms with E-state index in [2.05, 4.69) is 0 Å². The van der Waals surface area contributed by atoms with E-state index in [1.54, 1.807) is 0 Å². The number of hydrogen-bond donors (Lipinski definition) is 0. The first kappa shape index (κ1) is 12.5. The molecular formula is C10H17F3. The molecule has 0 bridgehead atoms. The Hall–Kier alpha value is -0.470. The highest BCUT2D eigenvalue weighted by Crippen LogP contribution is 2.22. The van der Waals surface area contributed by atoms with Crippen LogP contribution in [0.5, 0.6) is 0 Å². The zero-order valence-electron chi connectivity index (χ0n) is 8.03. The lowest BCUT2D eigenvalue weighted by Gasteiger charge is -2.04. The normalized spacial score (nSPS) is 12.6. The first-order valence-electron chi connectivity index (χ1n) is 4.74. The lowest BCUT2D eigenvalue weighted by molar-refractivity contribution is -0.135. The molecule has 0 aliphatic carbocycles. The fourth-order valence-corrected chi connectivity index (χ4v) is 1.11. The largest absolute Gasteiger partial charge is 0.389 e. The number of hydrogen-bond acceptors (Lipinski definition) is 0. The minimum absolute atomic E-state index is 0.277. The van der Waals surface area contributed by atoms with Gasteiger partial charge in [-0.3, -0.25) is 0 Å². The van der Waals surface area contributed by atoms with Gasteiger partial charge < -0.3 is 0 Å². The Balaban J connectivity index is 3.09. The van der Waals surface area contributed by atoms with E-state index < -0.39 is 12.6 Å². The van der Waals surface area contributed by atoms with Gasteiger partial charge in [0, 0.05) is 6.42 Å². The number of alkyl halides is 3. The maximum absolute atomic E-state index is 11.7. The molecule has 0 rings (SSSR count). The summed E-state index contributed by atoms with van der Waals surface area (Å²) in [5.74, 6) is 0. The van der Waals surface area contributed by atoms with Crippen LogP contribution in [0.15, 0.2) is 12.2 Å². The minimum atomic E-state index is -3.97. The van der Waals surface area contributed by atoms with E-state index in [1.165, 1.54) is 0 Å². The average molecular weight is 194 g/mol. The van der Waals surface area contributed by atoms with Crippen LogP contribution in [-0.4, -0.2) is 6.18 Å². The lowest BCUT2D eigenvalue weighted by atomic mass is 10.1. The molecule has 0 atom stereocenters. The smallest absolute Gasteiger partial charge is 0.171 e. The fraction of sp³-hybridized carbons (Fsp3) is 0.800. The maximum Gasteiger partial charge on any atom is 0.389 e. The molecule has 0 aromatic rings. The van der Waals surface area contributed by atoms with Crippen molar-refractivity contribution < 1.29 is 13.2 Å². The van der Waals surface area contributed by atoms with E-state index in [9.17, 15) is 13.2 Å². The van der Waals surface area contributed by atoms with E-state index in [4.69, 9.17) is 0 Å². The highest BCUT2D eigenvalue weighted by Gasteiger charge is 2.25. The van der Waals surface area contributed by atoms with E-state index in [0.717, 1.165) is 19.3 Å². The second-order valence-electron chi connectivity index (χ2n) is 3.14. The number of rotatable bonds is 6. The first-order valence-corrected chi connectivity index (χ1v) is 4.74. The van der Waals surface area contributed by atoms with Gasteiger partial charge in [0.1, 0.15) is 0 Å². The van der Waals surface area contributed by atoms with Crippen molar-refractivity contribution in [1.29, 1.82) is 0 Å². The molecule has 0 aliphatic heterocycles. The second kappa shape index (κ2) is 6.98. The van der Waals surface area contributed by atoms with Crippen LogP contribution in [0.2, 0.25) is 0 Å². The summed E-state index contributed by atoms with van der Waals surface area (Å²) in [4.78, 5) is 0. The first-order chi connectivity index (χ1) is 6.06. The quantitative estimate of drug-likeness (QED) is 0.432. The molecule has 78 valence electrons. The van der Waals surface area contributed by atoms with Crippen molar-refractivity contribution in [2.45, 2.75) is 51.6 Å². The van der Waals surface area contributed by atoms with Crippen molar-refractivity contribution in [1.82, 2.24) is 0 Å². The van der Waals surface area contributed by atoms with Crippen LogP contribution in [0.25, 0.3) is 0 Å². The van der Waals surface area contributed by atoms with Crippen LogP contribution in [0.1, 0.15) is 45.4 Å². The summed E-state index contributed by atoms with van der Waals surface area (Å²) in [5.41, 5.74) is 0. The van der Waals surface area contributed by atoms with Crippen molar-refractivity contribution in [2.75, 3.05) is 0 Å². The van der Waals surface area contributed by atoms with E-state index in [1.807, 2.05) is 19.1 Å². The average Bonchev–Trinajstić information content (AvgIpc) is 2.01. The molecule has 13 heavy (non-hydrogen) atoms. The van der Waals surface area contributed by atoms with Gasteiger partial charge in [-0.15, -0.1) is 0 Å². The predicted molar refractivity (Wildman–Crippen MR) is 48.6 cm³/mol. The maximum atomic E-state index is 11.7. The molecule has 3 heteroatoms. The zero-order chi connectivity index (χ0) is 10.2. The summed E-state index contributed by atoms with van der Waals surface area (Å²) in [7, 11) is 0. The molecule has 0 saturated carbocycles. The molecule has 0 aromatic carbocycles. The van der Waals surface area contributed by atoms with E-state index in [0.29, 0.717) is 6.42 Å². The third kappa shape index (κ3) is 11.5. The summed E-state index contributed by atoms with van der Waals surface area (Å²) >= 11 is 0. The predicted octanol–water partition coefficient (Wildman–Crippen LogP) is 4.47. The highest BCUT2D eigenvalue weighted by atomic mass is 19.4. The molecule has 0 aliphatic rings. The molecule has 0 nitrogen and oxygen atoms in total. The SMILES string of the molecule is CC=CCCCCCCC(F)(F)F. The summed E-state index contributed by atoms with van der Waals surface area (Å²) in [6.07, 6.45) is 3.28. The Bertz CT molecular complexity index is 136. The van der Waals surface area contributed by atoms with Crippen LogP contribution in [0.4, 0.5) is 13.2 Å². The second-order valence-corrected chi connectivity index (χ2v) is 3.14. The Kier molecular flexibility index (Phi) is 6.73. The van der Waals surface area contributed by atoms with Gasteiger partial charge in [0.15, 0.2) is 0 Å². The molecule has 0 aromatic heterocycles. The number of unbranched alkanes of at least 4 members (excludes halogenated alkanes) is 4. The summed E-state index contributed by atoms with van der Waals surface area (Å²) in [6.45, 7) is 1.95. The molecule has 0 radical (unpaired) electrons. The lowest BCUT2D eigenvalue weighted by Crippen LogP contribution is -2.06. The Labute approximate surface area is 77.8 Å². The molecule has 0 unspecified atom stereocenters. The molecule has 0 fully saturated rings. The van der Waals surface area contributed by atoms with E-state index >= 15 is 0 Å². The Morgan fingerprint density at radius 1 is 1.00 bits per heavy atom. The van der Waals surface area contributed by atoms with E-state index in [-0.39, 0.29) is 6.42 Å². The third-order valence-corrected chi connectivity index (χ3v) is 1.82. The van der Waals surface area contributed by atoms with Gasteiger partial charge in [-0.2, -0.15) is 13.2 Å². The van der Waals surface area contributed by atoms with Gasteiger partial charge >= 0.3 is 6.18 Å². The van der Waals surface area contributed by atoms with Crippen molar-refractivity contribution in [3.8, 4) is 0 Å². The van der Waals surface area contributed by atoms with Crippen LogP contribution < -0.4 is 0 Å². The molecular weight excluding hydrogens is 177 g/mol. The molecule has 0 amide bonds. The van der Waals surface area contributed by atoms with Crippen molar-refractivity contribution >= 4 is 0 Å². The van der Waals surface area contributed by atoms with Gasteiger partial charge in [-0.25, -0.2) is 0 Å². The summed E-state index contributed by atoms with van der Waals surface area (Å²) < 4.78 is 35.0. The third-order valence-electron chi connectivity index (χ3n) is 1.82. The van der Waals surface area contributed by atoms with Crippen LogP contribution in [0, 0.1) is 0 Å². The van der Waals surface area contributed by atoms with Crippen LogP contribution in [-0.2, 0) is 0 Å². The number of halogens is 3. The highest BCUT2D eigenvalue weighted by molar-refractivity contribution is 4.76. The fourth-order valence-electron chi connectivity index (χ4n) is 1.11. The molecule has 0 N–H and O–H groups in total. The van der Waals surface area contributed by atoms with Gasteiger partial charge in [0.2, 0.25) is 0 Å². The van der Waals surface area contributed by atoms with Gasteiger partial charge in [-0.1, -0.05) is 25.0 Å². The zero-order valence-corrected chi connectivity index (χ0v) is 8.03. The van der Waals surface area contributed by atoms with Gasteiger partial charge in [-0.05, 0) is 26.2 Å². The summed E-state index contributed by atoms with van der Waals surface area (Å²) in [6, 6.07) is 0. The minimum Gasteiger partial charge on any atom is -0.171 e. The van der Waals surface area contributed by atoms with Crippen molar-refractivity contribution in [2.24, 2.45) is 0 Å². The monoisotopic (exact) mass is 194 g/mol.